The lowest BCUT2D eigenvalue weighted by molar-refractivity contribution is 0.100. The number of thiol groups is 1. The van der Waals surface area contributed by atoms with Gasteiger partial charge in [-0.15, -0.1) is 0 Å². The number of nitrogens with one attached hydrogen (secondary N) is 1. The fourth-order valence-electron chi connectivity index (χ4n) is 1.80. The van der Waals surface area contributed by atoms with Crippen LogP contribution in [0, 0.1) is 0 Å². The highest BCUT2D eigenvalue weighted by atomic mass is 35.5. The summed E-state index contributed by atoms with van der Waals surface area (Å²) in [6, 6.07) is 10.5. The van der Waals surface area contributed by atoms with Crippen LogP contribution < -0.4 is 20.1 Å². The third kappa shape index (κ3) is 4.08. The molecule has 120 valence electrons. The maximum Gasteiger partial charge on any atom is 0.336 e. The van der Waals surface area contributed by atoms with Crippen molar-refractivity contribution in [2.75, 3.05) is 16.7 Å². The van der Waals surface area contributed by atoms with E-state index in [9.17, 15) is 9.59 Å². The number of ether oxygens (including phenoxy) is 1. The number of carbonyl (C=O) groups excluding carboxylic acids is 2. The average Bonchev–Trinajstić information content (AvgIpc) is 2.54. The second-order valence-corrected chi connectivity index (χ2v) is 5.31. The van der Waals surface area contributed by atoms with Crippen LogP contribution in [0.3, 0.4) is 0 Å². The first-order valence-electron chi connectivity index (χ1n) is 6.45. The number of hydrogen-bond acceptors (Lipinski definition) is 4. The molecule has 0 bridgehead atoms. The van der Waals surface area contributed by atoms with Crippen molar-refractivity contribution in [3.63, 3.8) is 0 Å². The third-order valence-electron chi connectivity index (χ3n) is 2.99. The van der Waals surface area contributed by atoms with E-state index in [0.29, 0.717) is 27.7 Å². The molecule has 0 aromatic heterocycles. The molecule has 0 radical (unpaired) electrons. The predicted molar refractivity (Wildman–Crippen MR) is 93.4 cm³/mol. The number of rotatable bonds is 4. The van der Waals surface area contributed by atoms with Crippen LogP contribution in [0.25, 0.3) is 0 Å². The van der Waals surface area contributed by atoms with Crippen molar-refractivity contribution in [2.45, 2.75) is 0 Å². The van der Waals surface area contributed by atoms with Gasteiger partial charge in [-0.05, 0) is 42.5 Å². The molecule has 0 heterocycles. The van der Waals surface area contributed by atoms with Crippen molar-refractivity contribution in [1.82, 2.24) is 0 Å². The Bertz CT molecular complexity index is 737. The summed E-state index contributed by atoms with van der Waals surface area (Å²) in [5, 5.41) is 3.03. The average molecular weight is 352 g/mol. The first-order valence-corrected chi connectivity index (χ1v) is 7.23. The number of primary amides is 1. The molecule has 0 saturated carbocycles. The molecule has 0 aliphatic heterocycles. The first kappa shape index (κ1) is 17.0. The number of carbonyl (C=O) groups is 2. The Kier molecular flexibility index (Phi) is 5.36. The molecule has 3 N–H and O–H groups in total. The van der Waals surface area contributed by atoms with Crippen LogP contribution in [0.5, 0.6) is 5.75 Å². The summed E-state index contributed by atoms with van der Waals surface area (Å²) in [5.41, 5.74) is 6.49. The van der Waals surface area contributed by atoms with Crippen LogP contribution in [0.2, 0.25) is 5.02 Å². The van der Waals surface area contributed by atoms with Gasteiger partial charge < -0.3 is 15.8 Å². The number of hydrogen-bond donors (Lipinski definition) is 3. The Morgan fingerprint density at radius 3 is 2.39 bits per heavy atom. The van der Waals surface area contributed by atoms with Crippen LogP contribution in [-0.4, -0.2) is 19.0 Å². The van der Waals surface area contributed by atoms with Gasteiger partial charge in [0.2, 0.25) is 5.91 Å². The van der Waals surface area contributed by atoms with Crippen molar-refractivity contribution in [1.29, 1.82) is 0 Å². The van der Waals surface area contributed by atoms with E-state index < -0.39 is 11.9 Å². The summed E-state index contributed by atoms with van der Waals surface area (Å²) in [6.45, 7) is 0. The topological polar surface area (TPSA) is 84.7 Å². The van der Waals surface area contributed by atoms with Gasteiger partial charge in [-0.25, -0.2) is 9.10 Å². The summed E-state index contributed by atoms with van der Waals surface area (Å²) in [4.78, 5) is 23.2. The number of halogens is 1. The number of amides is 3. The van der Waals surface area contributed by atoms with Gasteiger partial charge in [0, 0.05) is 11.3 Å². The number of urea groups is 1. The van der Waals surface area contributed by atoms with Gasteiger partial charge >= 0.3 is 6.03 Å². The van der Waals surface area contributed by atoms with Gasteiger partial charge in [0.1, 0.15) is 5.75 Å². The zero-order valence-corrected chi connectivity index (χ0v) is 13.8. The van der Waals surface area contributed by atoms with Crippen LogP contribution >= 0.6 is 24.4 Å². The maximum absolute atomic E-state index is 12.2. The number of methoxy groups -OCH3 is 1. The zero-order chi connectivity index (χ0) is 17.0. The minimum atomic E-state index is -0.542. The molecular formula is C15H14ClN3O3S. The van der Waals surface area contributed by atoms with E-state index in [4.69, 9.17) is 22.1 Å². The maximum atomic E-state index is 12.2. The Labute approximate surface area is 143 Å². The molecular weight excluding hydrogens is 338 g/mol. The lowest BCUT2D eigenvalue weighted by atomic mass is 10.2. The molecule has 23 heavy (non-hydrogen) atoms. The molecule has 0 aliphatic carbocycles. The standard InChI is InChI=1S/C15H14ClN3O3S/c1-22-13-7-4-10(8-12(13)16)18-15(21)19(23)11-5-2-9(3-6-11)14(17)20/h2-8,23H,1H3,(H2,17,20)(H,18,21). The van der Waals surface area contributed by atoms with E-state index in [1.165, 1.54) is 19.2 Å². The highest BCUT2D eigenvalue weighted by Crippen LogP contribution is 2.27. The van der Waals surface area contributed by atoms with E-state index in [0.717, 1.165) is 4.31 Å². The lowest BCUT2D eigenvalue weighted by Crippen LogP contribution is -2.26. The predicted octanol–water partition coefficient (Wildman–Crippen LogP) is 3.33. The van der Waals surface area contributed by atoms with Crippen LogP contribution in [0.1, 0.15) is 10.4 Å². The Morgan fingerprint density at radius 2 is 1.87 bits per heavy atom. The molecule has 0 saturated heterocycles. The number of benzene rings is 2. The Balaban J connectivity index is 2.10. The van der Waals surface area contributed by atoms with Gasteiger partial charge in [0.05, 0.1) is 17.8 Å². The van der Waals surface area contributed by atoms with E-state index >= 15 is 0 Å². The van der Waals surface area contributed by atoms with Gasteiger partial charge in [-0.3, -0.25) is 4.79 Å². The molecule has 6 nitrogen and oxygen atoms in total. The quantitative estimate of drug-likeness (QED) is 0.738. The Morgan fingerprint density at radius 1 is 1.22 bits per heavy atom. The van der Waals surface area contributed by atoms with E-state index in [2.05, 4.69) is 18.1 Å². The summed E-state index contributed by atoms with van der Waals surface area (Å²) >= 11 is 10.1. The molecule has 8 heteroatoms. The van der Waals surface area contributed by atoms with Gasteiger partial charge in [-0.2, -0.15) is 0 Å². The van der Waals surface area contributed by atoms with Crippen molar-refractivity contribution in [2.24, 2.45) is 5.73 Å². The SMILES string of the molecule is COc1ccc(NC(=O)N(S)c2ccc(C(N)=O)cc2)cc1Cl. The van der Waals surface area contributed by atoms with Crippen LogP contribution in [0.4, 0.5) is 16.2 Å². The van der Waals surface area contributed by atoms with Crippen LogP contribution in [0.15, 0.2) is 42.5 Å². The highest BCUT2D eigenvalue weighted by Gasteiger charge is 2.13. The monoisotopic (exact) mass is 351 g/mol. The lowest BCUT2D eigenvalue weighted by Gasteiger charge is -2.17. The molecule has 2 aromatic rings. The van der Waals surface area contributed by atoms with Gasteiger partial charge in [-0.1, -0.05) is 24.4 Å². The third-order valence-corrected chi connectivity index (χ3v) is 3.70. The van der Waals surface area contributed by atoms with E-state index in [1.54, 1.807) is 30.3 Å². The minimum absolute atomic E-state index is 0.345. The van der Waals surface area contributed by atoms with Crippen molar-refractivity contribution < 1.29 is 14.3 Å². The number of nitrogens with two attached hydrogens (primary N) is 1. The van der Waals surface area contributed by atoms with Crippen molar-refractivity contribution >= 4 is 47.7 Å². The highest BCUT2D eigenvalue weighted by molar-refractivity contribution is 7.82. The normalized spacial score (nSPS) is 10.0. The minimum Gasteiger partial charge on any atom is -0.495 e. The fraction of sp³-hybridized carbons (Fsp3) is 0.0667. The van der Waals surface area contributed by atoms with E-state index in [1.807, 2.05) is 0 Å². The van der Waals surface area contributed by atoms with E-state index in [-0.39, 0.29) is 0 Å². The summed E-state index contributed by atoms with van der Waals surface area (Å²) in [6.07, 6.45) is 0. The molecule has 2 aromatic carbocycles. The molecule has 2 rings (SSSR count). The molecule has 3 amide bonds. The van der Waals surface area contributed by atoms with Crippen molar-refractivity contribution in [3.8, 4) is 5.75 Å². The largest absolute Gasteiger partial charge is 0.495 e. The smallest absolute Gasteiger partial charge is 0.336 e. The second kappa shape index (κ2) is 7.26. The first-order chi connectivity index (χ1) is 10.9. The molecule has 0 fully saturated rings. The molecule has 0 spiro atoms. The molecule has 0 atom stereocenters. The number of anilines is 2. The van der Waals surface area contributed by atoms with Crippen molar-refractivity contribution in [3.05, 3.63) is 53.1 Å². The summed E-state index contributed by atoms with van der Waals surface area (Å²) < 4.78 is 6.14. The zero-order valence-electron chi connectivity index (χ0n) is 12.1. The summed E-state index contributed by atoms with van der Waals surface area (Å²) in [5.74, 6) is -0.0333. The Hall–Kier alpha value is -2.38. The van der Waals surface area contributed by atoms with Crippen LogP contribution in [-0.2, 0) is 0 Å². The fourth-order valence-corrected chi connectivity index (χ4v) is 2.25. The van der Waals surface area contributed by atoms with Gasteiger partial charge in [0.25, 0.3) is 0 Å². The number of nitrogens with zero attached hydrogens (tertiary/aromatic N) is 1. The second-order valence-electron chi connectivity index (χ2n) is 4.50. The summed E-state index contributed by atoms with van der Waals surface area (Å²) in [7, 11) is 1.50. The molecule has 0 aliphatic rings. The van der Waals surface area contributed by atoms with Gasteiger partial charge in [0.15, 0.2) is 0 Å². The molecule has 0 unspecified atom stereocenters.